The van der Waals surface area contributed by atoms with Gasteiger partial charge >= 0.3 is 12.3 Å². The Balaban J connectivity index is 1.27. The fourth-order valence-corrected chi connectivity index (χ4v) is 3.95. The molecule has 2 saturated carbocycles. The van der Waals surface area contributed by atoms with E-state index in [-0.39, 0.29) is 23.0 Å². The van der Waals surface area contributed by atoms with Crippen LogP contribution in [-0.4, -0.2) is 48.5 Å². The number of rotatable bonds is 5. The van der Waals surface area contributed by atoms with Crippen LogP contribution in [0.1, 0.15) is 49.9 Å². The maximum absolute atomic E-state index is 15.0. The molecule has 176 valence electrons. The number of alkyl halides is 4. The van der Waals surface area contributed by atoms with Crippen LogP contribution in [0.2, 0.25) is 0 Å². The van der Waals surface area contributed by atoms with Gasteiger partial charge in [0.1, 0.15) is 17.9 Å². The molecule has 0 aromatic carbocycles. The molecular formula is C20H21F4N7O2. The van der Waals surface area contributed by atoms with Crippen LogP contribution in [0.25, 0.3) is 5.65 Å². The van der Waals surface area contributed by atoms with E-state index in [2.05, 4.69) is 30.8 Å². The summed E-state index contributed by atoms with van der Waals surface area (Å²) in [6.45, 7) is 1.90. The second-order valence-electron chi connectivity index (χ2n) is 8.71. The van der Waals surface area contributed by atoms with Crippen molar-refractivity contribution < 1.29 is 27.1 Å². The highest BCUT2D eigenvalue weighted by Crippen LogP contribution is 2.39. The van der Waals surface area contributed by atoms with Crippen LogP contribution >= 0.6 is 0 Å². The van der Waals surface area contributed by atoms with Crippen molar-refractivity contribution in [2.75, 3.05) is 5.32 Å². The third-order valence-electron chi connectivity index (χ3n) is 6.07. The van der Waals surface area contributed by atoms with Gasteiger partial charge in [0.25, 0.3) is 0 Å². The highest BCUT2D eigenvalue weighted by atomic mass is 19.4. The Morgan fingerprint density at radius 2 is 2.12 bits per heavy atom. The monoisotopic (exact) mass is 467 g/mol. The molecule has 5 rings (SSSR count). The van der Waals surface area contributed by atoms with Gasteiger partial charge in [0.15, 0.2) is 11.5 Å². The van der Waals surface area contributed by atoms with Crippen molar-refractivity contribution in [3.05, 3.63) is 35.9 Å². The van der Waals surface area contributed by atoms with Gasteiger partial charge in [-0.2, -0.15) is 18.3 Å². The highest BCUT2D eigenvalue weighted by molar-refractivity contribution is 5.69. The van der Waals surface area contributed by atoms with Crippen molar-refractivity contribution in [3.8, 4) is 0 Å². The highest BCUT2D eigenvalue weighted by Gasteiger charge is 2.43. The minimum atomic E-state index is -4.59. The summed E-state index contributed by atoms with van der Waals surface area (Å²) in [5, 5.41) is 12.4. The summed E-state index contributed by atoms with van der Waals surface area (Å²) in [6, 6.07) is 2.91. The molecule has 0 saturated heterocycles. The van der Waals surface area contributed by atoms with Crippen molar-refractivity contribution in [1.29, 1.82) is 0 Å². The van der Waals surface area contributed by atoms with Crippen LogP contribution in [0.4, 0.5) is 34.1 Å². The topological polar surface area (TPSA) is 109 Å². The number of H-pyrrole nitrogens is 1. The lowest BCUT2D eigenvalue weighted by atomic mass is 10.0. The predicted octanol–water partition coefficient (Wildman–Crippen LogP) is 4.08. The van der Waals surface area contributed by atoms with Crippen LogP contribution in [0, 0.1) is 0 Å². The molecule has 3 heterocycles. The summed E-state index contributed by atoms with van der Waals surface area (Å²) >= 11 is 0. The number of imidazole rings is 1. The van der Waals surface area contributed by atoms with Crippen molar-refractivity contribution in [1.82, 2.24) is 29.9 Å². The van der Waals surface area contributed by atoms with Gasteiger partial charge in [0.05, 0.1) is 0 Å². The molecule has 0 bridgehead atoms. The van der Waals surface area contributed by atoms with Crippen LogP contribution in [-0.2, 0) is 10.9 Å². The van der Waals surface area contributed by atoms with Crippen molar-refractivity contribution >= 4 is 23.5 Å². The van der Waals surface area contributed by atoms with E-state index < -0.39 is 36.2 Å². The van der Waals surface area contributed by atoms with E-state index in [0.29, 0.717) is 18.5 Å². The first-order chi connectivity index (χ1) is 15.6. The summed E-state index contributed by atoms with van der Waals surface area (Å²) in [4.78, 5) is 19.6. The summed E-state index contributed by atoms with van der Waals surface area (Å²) in [5.41, 5.74) is -0.746. The number of ether oxygens (including phenoxy) is 1. The lowest BCUT2D eigenvalue weighted by molar-refractivity contribution is -0.140. The van der Waals surface area contributed by atoms with E-state index in [1.807, 2.05) is 6.92 Å². The van der Waals surface area contributed by atoms with Crippen LogP contribution in [0.5, 0.6) is 0 Å². The number of carbonyl (C=O) groups is 1. The largest absolute Gasteiger partial charge is 0.443 e. The van der Waals surface area contributed by atoms with Gasteiger partial charge in [0.2, 0.25) is 5.95 Å². The molecule has 2 fully saturated rings. The molecule has 33 heavy (non-hydrogen) atoms. The minimum absolute atomic E-state index is 0.0634. The van der Waals surface area contributed by atoms with E-state index in [4.69, 9.17) is 4.74 Å². The summed E-state index contributed by atoms with van der Waals surface area (Å²) in [7, 11) is 0. The first-order valence-electron chi connectivity index (χ1n) is 10.5. The van der Waals surface area contributed by atoms with Gasteiger partial charge in [-0.3, -0.25) is 9.50 Å². The van der Waals surface area contributed by atoms with E-state index in [0.717, 1.165) is 23.4 Å². The lowest BCUT2D eigenvalue weighted by Gasteiger charge is -2.19. The molecular weight excluding hydrogens is 446 g/mol. The quantitative estimate of drug-likeness (QED) is 0.488. The summed E-state index contributed by atoms with van der Waals surface area (Å²) in [6.07, 6.45) is -2.77. The Labute approximate surface area is 184 Å². The molecule has 0 spiro atoms. The zero-order chi connectivity index (χ0) is 23.4. The second kappa shape index (κ2) is 7.59. The second-order valence-corrected chi connectivity index (χ2v) is 8.71. The number of fused-ring (bicyclic) bond motifs is 1. The molecule has 3 aromatic heterocycles. The Morgan fingerprint density at radius 3 is 2.85 bits per heavy atom. The van der Waals surface area contributed by atoms with Gasteiger partial charge < -0.3 is 15.4 Å². The molecule has 3 N–H and O–H groups in total. The average molecular weight is 467 g/mol. The number of aromatic nitrogens is 5. The maximum atomic E-state index is 15.0. The van der Waals surface area contributed by atoms with Gasteiger partial charge in [-0.25, -0.2) is 19.2 Å². The van der Waals surface area contributed by atoms with E-state index in [1.54, 1.807) is 6.07 Å². The lowest BCUT2D eigenvalue weighted by Crippen LogP contribution is -2.38. The number of hydrogen-bond acceptors (Lipinski definition) is 6. The van der Waals surface area contributed by atoms with Crippen molar-refractivity contribution in [2.45, 2.75) is 62.5 Å². The summed E-state index contributed by atoms with van der Waals surface area (Å²) in [5.74, 6) is -0.234. The molecule has 2 aliphatic carbocycles. The smallest absolute Gasteiger partial charge is 0.434 e. The number of nitrogens with one attached hydrogen (secondary N) is 3. The molecule has 0 aliphatic heterocycles. The Morgan fingerprint density at radius 1 is 1.33 bits per heavy atom. The maximum Gasteiger partial charge on any atom is 0.434 e. The molecule has 1 amide bonds. The number of aromatic amines is 1. The number of alkyl carbamates (subject to hydrolysis) is 1. The fourth-order valence-electron chi connectivity index (χ4n) is 3.95. The molecule has 9 nitrogen and oxygen atoms in total. The number of nitrogens with zero attached hydrogens (tertiary/aromatic N) is 4. The fraction of sp³-hybridized carbons (Fsp3) is 0.500. The van der Waals surface area contributed by atoms with Gasteiger partial charge in [-0.15, -0.1) is 0 Å². The zero-order valence-electron chi connectivity index (χ0n) is 17.5. The minimum Gasteiger partial charge on any atom is -0.443 e. The number of halogens is 4. The van der Waals surface area contributed by atoms with Crippen LogP contribution in [0.15, 0.2) is 24.5 Å². The first kappa shape index (κ1) is 21.5. The Kier molecular flexibility index (Phi) is 4.94. The molecule has 0 radical (unpaired) electrons. The molecule has 3 aromatic rings. The summed E-state index contributed by atoms with van der Waals surface area (Å²) < 4.78 is 60.4. The Hall–Kier alpha value is -3.38. The third-order valence-corrected chi connectivity index (χ3v) is 6.07. The number of amides is 1. The number of hydrogen-bond donors (Lipinski definition) is 3. The molecule has 0 unspecified atom stereocenters. The van der Waals surface area contributed by atoms with Gasteiger partial charge in [-0.1, -0.05) is 0 Å². The van der Waals surface area contributed by atoms with Crippen molar-refractivity contribution in [2.24, 2.45) is 0 Å². The standard InChI is InChI=1S/C20H21F4N7O2/c1-19(5-6-19)28-18(32)33-12-3-2-10(16(12)21)11-8-14(30-29-11)27-17-25-7-4-15-26-13(9-31(15)17)20(22,23)24/h4,7-10,12,16H,2-3,5-6H2,1H3,(H,28,32)(H2,25,27,29,30)/t10-,12-,16-/m1/s1. The number of anilines is 2. The average Bonchev–Trinajstić information content (AvgIpc) is 3.13. The van der Waals surface area contributed by atoms with Gasteiger partial charge in [0, 0.05) is 35.6 Å². The van der Waals surface area contributed by atoms with Crippen LogP contribution < -0.4 is 10.6 Å². The van der Waals surface area contributed by atoms with Gasteiger partial charge in [-0.05, 0) is 38.7 Å². The first-order valence-corrected chi connectivity index (χ1v) is 10.5. The van der Waals surface area contributed by atoms with E-state index in [9.17, 15) is 18.0 Å². The molecule has 2 aliphatic rings. The molecule has 13 heteroatoms. The van der Waals surface area contributed by atoms with E-state index >= 15 is 4.39 Å². The van der Waals surface area contributed by atoms with E-state index in [1.165, 1.54) is 12.3 Å². The Bertz CT molecular complexity index is 1190. The predicted molar refractivity (Wildman–Crippen MR) is 108 cm³/mol. The molecule has 3 atom stereocenters. The SMILES string of the molecule is CC1(NC(=O)O[C@@H]2CC[C@H](c3cc(Nc4nccc5nc(C(F)(F)F)cn45)n[nH]3)[C@H]2F)CC1. The number of carbonyl (C=O) groups excluding carboxylic acids is 1. The normalized spacial score (nSPS) is 24.1. The van der Waals surface area contributed by atoms with Crippen molar-refractivity contribution in [3.63, 3.8) is 0 Å². The zero-order valence-corrected chi connectivity index (χ0v) is 17.5. The third kappa shape index (κ3) is 4.31. The van der Waals surface area contributed by atoms with Crippen LogP contribution in [0.3, 0.4) is 0 Å².